The van der Waals surface area contributed by atoms with Crippen molar-refractivity contribution in [1.82, 2.24) is 0 Å². The van der Waals surface area contributed by atoms with Gasteiger partial charge in [0.15, 0.2) is 4.98 Å². The smallest absolute Gasteiger partial charge is 0.418 e. The van der Waals surface area contributed by atoms with Crippen molar-refractivity contribution in [1.29, 1.82) is 5.39 Å². The minimum atomic E-state index is -6.00. The van der Waals surface area contributed by atoms with Crippen molar-refractivity contribution in [3.05, 3.63) is 39.4 Å². The summed E-state index contributed by atoms with van der Waals surface area (Å²) in [6.07, 6.45) is 0. The first-order chi connectivity index (χ1) is 7.25. The van der Waals surface area contributed by atoms with E-state index in [9.17, 15) is 27.4 Å². The molecular formula is C6H4BF4N3O2. The lowest BCUT2D eigenvalue weighted by Crippen LogP contribution is -2.02. The highest BCUT2D eigenvalue weighted by Gasteiger charge is 2.22. The number of diazo groups is 1. The molecule has 10 heteroatoms. The highest BCUT2D eigenvalue weighted by molar-refractivity contribution is 6.50. The second-order valence-electron chi connectivity index (χ2n) is 2.34. The van der Waals surface area contributed by atoms with Crippen molar-refractivity contribution in [3.63, 3.8) is 0 Å². The summed E-state index contributed by atoms with van der Waals surface area (Å²) in [5.41, 5.74) is -0.229. The molecule has 86 valence electrons. The molecule has 0 fully saturated rings. The van der Waals surface area contributed by atoms with Crippen LogP contribution in [0.3, 0.4) is 0 Å². The van der Waals surface area contributed by atoms with Crippen molar-refractivity contribution in [2.75, 3.05) is 0 Å². The third kappa shape index (κ3) is 6.30. The maximum absolute atomic E-state index is 10.2. The summed E-state index contributed by atoms with van der Waals surface area (Å²) < 4.78 is 39.0. The number of nitrogens with zero attached hydrogens (tertiary/aromatic N) is 3. The minimum Gasteiger partial charge on any atom is -0.418 e. The van der Waals surface area contributed by atoms with Gasteiger partial charge in [-0.2, -0.15) is 0 Å². The number of nitro benzene ring substituents is 1. The van der Waals surface area contributed by atoms with Crippen LogP contribution in [-0.2, 0) is 0 Å². The molecule has 0 N–H and O–H groups in total. The van der Waals surface area contributed by atoms with E-state index < -0.39 is 12.2 Å². The third-order valence-electron chi connectivity index (χ3n) is 1.19. The first-order valence-electron chi connectivity index (χ1n) is 3.71. The van der Waals surface area contributed by atoms with E-state index in [1.807, 2.05) is 0 Å². The Morgan fingerprint density at radius 1 is 1.25 bits per heavy atom. The number of halogens is 4. The molecule has 0 saturated carbocycles. The molecule has 0 unspecified atom stereocenters. The van der Waals surface area contributed by atoms with Crippen LogP contribution in [0, 0.1) is 15.5 Å². The van der Waals surface area contributed by atoms with Crippen LogP contribution in [0.25, 0.3) is 4.98 Å². The zero-order chi connectivity index (χ0) is 12.8. The highest BCUT2D eigenvalue weighted by atomic mass is 19.5. The zero-order valence-electron chi connectivity index (χ0n) is 7.56. The monoisotopic (exact) mass is 237 g/mol. The second kappa shape index (κ2) is 5.64. The van der Waals surface area contributed by atoms with Crippen LogP contribution in [0.5, 0.6) is 0 Å². The molecule has 0 aliphatic carbocycles. The largest absolute Gasteiger partial charge is 0.673 e. The maximum atomic E-state index is 10.2. The SMILES string of the molecule is F[B-](F)(F)F.N#[N+]c1ccccc1[N+](=O)[O-]. The van der Waals surface area contributed by atoms with E-state index in [1.165, 1.54) is 18.2 Å². The van der Waals surface area contributed by atoms with Crippen LogP contribution in [0.2, 0.25) is 0 Å². The number of nitro groups is 1. The zero-order valence-corrected chi connectivity index (χ0v) is 7.56. The molecule has 0 amide bonds. The Bertz CT molecular complexity index is 411. The molecular weight excluding hydrogens is 233 g/mol. The van der Waals surface area contributed by atoms with Gasteiger partial charge in [0.2, 0.25) is 5.39 Å². The van der Waals surface area contributed by atoms with Gasteiger partial charge in [-0.05, 0) is 0 Å². The minimum absolute atomic E-state index is 0.0301. The lowest BCUT2D eigenvalue weighted by Gasteiger charge is -1.94. The quantitative estimate of drug-likeness (QED) is 0.247. The van der Waals surface area contributed by atoms with Crippen LogP contribution < -0.4 is 0 Å². The van der Waals surface area contributed by atoms with Gasteiger partial charge in [0.25, 0.3) is 0 Å². The van der Waals surface area contributed by atoms with Gasteiger partial charge in [-0.1, -0.05) is 12.1 Å². The van der Waals surface area contributed by atoms with Crippen molar-refractivity contribution >= 4 is 18.6 Å². The predicted molar refractivity (Wildman–Crippen MR) is 48.0 cm³/mol. The lowest BCUT2D eigenvalue weighted by atomic mass is 10.3. The highest BCUT2D eigenvalue weighted by Crippen LogP contribution is 2.25. The van der Waals surface area contributed by atoms with E-state index in [-0.39, 0.29) is 11.4 Å². The molecule has 1 rings (SSSR count). The Morgan fingerprint density at radius 2 is 1.69 bits per heavy atom. The van der Waals surface area contributed by atoms with E-state index in [4.69, 9.17) is 5.39 Å². The van der Waals surface area contributed by atoms with E-state index in [0.717, 1.165) is 0 Å². The van der Waals surface area contributed by atoms with Gasteiger partial charge in [0.05, 0.1) is 4.92 Å². The molecule has 1 aromatic carbocycles. The number of hydrogen-bond donors (Lipinski definition) is 0. The topological polar surface area (TPSA) is 71.3 Å². The average Bonchev–Trinajstić information content (AvgIpc) is 2.15. The first kappa shape index (κ1) is 13.8. The summed E-state index contributed by atoms with van der Waals surface area (Å²) in [4.78, 5) is 12.4. The summed E-state index contributed by atoms with van der Waals surface area (Å²) in [7, 11) is -6.00. The molecule has 0 atom stereocenters. The molecule has 0 spiro atoms. The Balaban J connectivity index is 0.000000385. The molecule has 0 aromatic heterocycles. The fourth-order valence-electron chi connectivity index (χ4n) is 0.703. The Labute approximate surface area is 86.6 Å². The van der Waals surface area contributed by atoms with Gasteiger partial charge < -0.3 is 17.3 Å². The molecule has 0 aliphatic heterocycles. The van der Waals surface area contributed by atoms with Crippen molar-refractivity contribution < 1.29 is 22.2 Å². The molecule has 16 heavy (non-hydrogen) atoms. The molecule has 0 aliphatic rings. The second-order valence-corrected chi connectivity index (χ2v) is 2.34. The van der Waals surface area contributed by atoms with Gasteiger partial charge in [-0.15, -0.1) is 0 Å². The maximum Gasteiger partial charge on any atom is 0.673 e. The Morgan fingerprint density at radius 3 is 2.00 bits per heavy atom. The van der Waals surface area contributed by atoms with Crippen LogP contribution in [0.4, 0.5) is 28.6 Å². The normalized spacial score (nSPS) is 9.69. The van der Waals surface area contributed by atoms with Crippen LogP contribution in [0.1, 0.15) is 0 Å². The summed E-state index contributed by atoms with van der Waals surface area (Å²) in [5.74, 6) is 0. The Kier molecular flexibility index (Phi) is 4.88. The van der Waals surface area contributed by atoms with Crippen molar-refractivity contribution in [3.8, 4) is 0 Å². The number of hydrogen-bond acceptors (Lipinski definition) is 3. The molecule has 0 heterocycles. The van der Waals surface area contributed by atoms with Crippen molar-refractivity contribution in [2.45, 2.75) is 0 Å². The fourth-order valence-corrected chi connectivity index (χ4v) is 0.703. The van der Waals surface area contributed by atoms with E-state index in [2.05, 4.69) is 4.98 Å². The van der Waals surface area contributed by atoms with Gasteiger partial charge in [0, 0.05) is 12.1 Å². The molecule has 0 bridgehead atoms. The van der Waals surface area contributed by atoms with Gasteiger partial charge in [0.1, 0.15) is 0 Å². The molecule has 1 aromatic rings. The summed E-state index contributed by atoms with van der Waals surface area (Å²) in [6, 6.07) is 5.70. The van der Waals surface area contributed by atoms with Crippen LogP contribution in [-0.4, -0.2) is 12.2 Å². The van der Waals surface area contributed by atoms with E-state index >= 15 is 0 Å². The molecule has 0 saturated heterocycles. The van der Waals surface area contributed by atoms with Gasteiger partial charge in [-0.3, -0.25) is 10.1 Å². The predicted octanol–water partition coefficient (Wildman–Crippen LogP) is 3.38. The summed E-state index contributed by atoms with van der Waals surface area (Å²) >= 11 is 0. The number of benzene rings is 1. The molecule has 0 radical (unpaired) electrons. The fraction of sp³-hybridized carbons (Fsp3) is 0. The van der Waals surface area contributed by atoms with Gasteiger partial charge >= 0.3 is 18.6 Å². The molecule has 5 nitrogen and oxygen atoms in total. The number of para-hydroxylation sites is 1. The summed E-state index contributed by atoms with van der Waals surface area (Å²) in [6.45, 7) is 0. The van der Waals surface area contributed by atoms with E-state index in [0.29, 0.717) is 0 Å². The standard InChI is InChI=1S/C6H4N3O2.BF4/c7-8-5-3-1-2-4-6(5)9(10)11;2-1(3,4)5/h1-4H;/q+1;-1. The summed E-state index contributed by atoms with van der Waals surface area (Å²) in [5, 5.41) is 18.5. The third-order valence-corrected chi connectivity index (χ3v) is 1.19. The Hall–Kier alpha value is -2.18. The van der Waals surface area contributed by atoms with Gasteiger partial charge in [-0.25, -0.2) is 0 Å². The van der Waals surface area contributed by atoms with E-state index in [1.54, 1.807) is 6.07 Å². The number of rotatable bonds is 1. The van der Waals surface area contributed by atoms with Crippen LogP contribution in [0.15, 0.2) is 24.3 Å². The van der Waals surface area contributed by atoms with Crippen LogP contribution >= 0.6 is 0 Å². The van der Waals surface area contributed by atoms with Crippen molar-refractivity contribution in [2.24, 2.45) is 0 Å². The first-order valence-corrected chi connectivity index (χ1v) is 3.71. The lowest BCUT2D eigenvalue weighted by molar-refractivity contribution is -0.383. The average molecular weight is 237 g/mol.